The van der Waals surface area contributed by atoms with E-state index in [0.29, 0.717) is 6.61 Å². The highest BCUT2D eigenvalue weighted by atomic mass is 16.5. The zero-order chi connectivity index (χ0) is 9.68. The molecular weight excluding hydrogens is 168 g/mol. The molecule has 0 bridgehead atoms. The van der Waals surface area contributed by atoms with Gasteiger partial charge in [-0.15, -0.1) is 0 Å². The van der Waals surface area contributed by atoms with E-state index in [9.17, 15) is 5.11 Å². The van der Waals surface area contributed by atoms with Gasteiger partial charge in [0, 0.05) is 12.7 Å². The molecule has 0 unspecified atom stereocenters. The third-order valence-corrected chi connectivity index (χ3v) is 1.84. The van der Waals surface area contributed by atoms with Crippen molar-refractivity contribution in [1.29, 1.82) is 0 Å². The predicted octanol–water partition coefficient (Wildman–Crippen LogP) is 1.59. The largest absolute Gasteiger partial charge is 0.508 e. The van der Waals surface area contributed by atoms with Crippen LogP contribution in [0.5, 0.6) is 11.5 Å². The van der Waals surface area contributed by atoms with Gasteiger partial charge in [0.25, 0.3) is 0 Å². The first-order valence-corrected chi connectivity index (χ1v) is 4.12. The second-order valence-electron chi connectivity index (χ2n) is 2.74. The Kier molecular flexibility index (Phi) is 3.58. The van der Waals surface area contributed by atoms with E-state index in [2.05, 4.69) is 0 Å². The van der Waals surface area contributed by atoms with Gasteiger partial charge in [-0.3, -0.25) is 0 Å². The van der Waals surface area contributed by atoms with Crippen molar-refractivity contribution >= 4 is 0 Å². The summed E-state index contributed by atoms with van der Waals surface area (Å²) in [7, 11) is 3.26. The third-order valence-electron chi connectivity index (χ3n) is 1.84. The van der Waals surface area contributed by atoms with Crippen LogP contribution in [0.4, 0.5) is 0 Å². The molecule has 0 spiro atoms. The Morgan fingerprint density at radius 1 is 1.31 bits per heavy atom. The number of methoxy groups -OCH3 is 2. The maximum absolute atomic E-state index is 9.24. The molecule has 0 saturated carbocycles. The maximum Gasteiger partial charge on any atom is 0.122 e. The Labute approximate surface area is 77.9 Å². The highest BCUT2D eigenvalue weighted by Gasteiger charge is 2.03. The van der Waals surface area contributed by atoms with Gasteiger partial charge in [0.2, 0.25) is 0 Å². The number of benzene rings is 1. The van der Waals surface area contributed by atoms with Gasteiger partial charge in [0.1, 0.15) is 11.5 Å². The van der Waals surface area contributed by atoms with Crippen LogP contribution in [-0.2, 0) is 11.2 Å². The zero-order valence-corrected chi connectivity index (χ0v) is 7.91. The van der Waals surface area contributed by atoms with Gasteiger partial charge in [-0.1, -0.05) is 0 Å². The minimum atomic E-state index is 0.256. The Bertz CT molecular complexity index is 271. The summed E-state index contributed by atoms with van der Waals surface area (Å²) in [5.74, 6) is 1.04. The Hall–Kier alpha value is -1.22. The smallest absolute Gasteiger partial charge is 0.122 e. The molecule has 0 aliphatic rings. The summed E-state index contributed by atoms with van der Waals surface area (Å²) >= 11 is 0. The number of rotatable bonds is 4. The number of aromatic hydroxyl groups is 1. The first kappa shape index (κ1) is 9.86. The van der Waals surface area contributed by atoms with Crippen molar-refractivity contribution in [2.24, 2.45) is 0 Å². The fraction of sp³-hybridized carbons (Fsp3) is 0.400. The molecular formula is C10H14O3. The van der Waals surface area contributed by atoms with Crippen molar-refractivity contribution in [3.05, 3.63) is 23.8 Å². The lowest BCUT2D eigenvalue weighted by Gasteiger charge is -2.07. The van der Waals surface area contributed by atoms with Crippen molar-refractivity contribution in [3.8, 4) is 11.5 Å². The zero-order valence-electron chi connectivity index (χ0n) is 7.91. The van der Waals surface area contributed by atoms with Crippen LogP contribution in [0.15, 0.2) is 18.2 Å². The van der Waals surface area contributed by atoms with Crippen LogP contribution < -0.4 is 4.74 Å². The molecule has 0 aliphatic heterocycles. The number of phenolic OH excluding ortho intramolecular Hbond substituents is 1. The topological polar surface area (TPSA) is 38.7 Å². The van der Waals surface area contributed by atoms with E-state index in [4.69, 9.17) is 9.47 Å². The van der Waals surface area contributed by atoms with Crippen molar-refractivity contribution < 1.29 is 14.6 Å². The molecule has 0 aliphatic carbocycles. The highest BCUT2D eigenvalue weighted by Crippen LogP contribution is 2.23. The van der Waals surface area contributed by atoms with E-state index < -0.39 is 0 Å². The average Bonchev–Trinajstić information content (AvgIpc) is 2.15. The van der Waals surface area contributed by atoms with Crippen LogP contribution in [-0.4, -0.2) is 25.9 Å². The molecule has 13 heavy (non-hydrogen) atoms. The van der Waals surface area contributed by atoms with Crippen molar-refractivity contribution in [2.75, 3.05) is 20.8 Å². The van der Waals surface area contributed by atoms with Gasteiger partial charge < -0.3 is 14.6 Å². The second-order valence-corrected chi connectivity index (χ2v) is 2.74. The van der Waals surface area contributed by atoms with E-state index in [1.165, 1.54) is 0 Å². The summed E-state index contributed by atoms with van der Waals surface area (Å²) in [6, 6.07) is 5.05. The molecule has 0 amide bonds. The van der Waals surface area contributed by atoms with Gasteiger partial charge in [0.15, 0.2) is 0 Å². The molecule has 1 rings (SSSR count). The summed E-state index contributed by atoms with van der Waals surface area (Å²) in [6.45, 7) is 0.625. The number of ether oxygens (including phenoxy) is 2. The summed E-state index contributed by atoms with van der Waals surface area (Å²) in [5.41, 5.74) is 0.962. The quantitative estimate of drug-likeness (QED) is 0.768. The standard InChI is InChI=1S/C10H14O3/c1-12-6-5-8-7-9(11)3-4-10(8)13-2/h3-4,7,11H,5-6H2,1-2H3. The molecule has 0 atom stereocenters. The summed E-state index contributed by atoms with van der Waals surface area (Å²) in [5, 5.41) is 9.24. The molecule has 0 fully saturated rings. The van der Waals surface area contributed by atoms with Crippen LogP contribution in [0, 0.1) is 0 Å². The molecule has 0 heterocycles. The molecule has 3 nitrogen and oxygen atoms in total. The molecule has 1 aromatic rings. The van der Waals surface area contributed by atoms with E-state index in [1.54, 1.807) is 32.4 Å². The van der Waals surface area contributed by atoms with Crippen LogP contribution in [0.2, 0.25) is 0 Å². The third kappa shape index (κ3) is 2.63. The van der Waals surface area contributed by atoms with Gasteiger partial charge in [-0.25, -0.2) is 0 Å². The van der Waals surface area contributed by atoms with Gasteiger partial charge in [-0.2, -0.15) is 0 Å². The fourth-order valence-corrected chi connectivity index (χ4v) is 1.17. The monoisotopic (exact) mass is 182 g/mol. The van der Waals surface area contributed by atoms with Gasteiger partial charge >= 0.3 is 0 Å². The van der Waals surface area contributed by atoms with Crippen LogP contribution in [0.25, 0.3) is 0 Å². The van der Waals surface area contributed by atoms with E-state index >= 15 is 0 Å². The van der Waals surface area contributed by atoms with E-state index in [0.717, 1.165) is 17.7 Å². The van der Waals surface area contributed by atoms with Crippen LogP contribution >= 0.6 is 0 Å². The van der Waals surface area contributed by atoms with Gasteiger partial charge in [-0.05, 0) is 24.6 Å². The lowest BCUT2D eigenvalue weighted by molar-refractivity contribution is 0.201. The molecule has 3 heteroatoms. The Morgan fingerprint density at radius 3 is 2.69 bits per heavy atom. The Balaban J connectivity index is 2.81. The van der Waals surface area contributed by atoms with Crippen LogP contribution in [0.3, 0.4) is 0 Å². The number of hydrogen-bond donors (Lipinski definition) is 1. The number of hydrogen-bond acceptors (Lipinski definition) is 3. The summed E-state index contributed by atoms with van der Waals surface area (Å²) in [4.78, 5) is 0. The summed E-state index contributed by atoms with van der Waals surface area (Å²) < 4.78 is 10.1. The molecule has 0 radical (unpaired) electrons. The SMILES string of the molecule is COCCc1cc(O)ccc1OC. The Morgan fingerprint density at radius 2 is 2.08 bits per heavy atom. The minimum Gasteiger partial charge on any atom is -0.508 e. The first-order chi connectivity index (χ1) is 6.27. The van der Waals surface area contributed by atoms with E-state index in [1.807, 2.05) is 0 Å². The first-order valence-electron chi connectivity index (χ1n) is 4.12. The molecule has 0 aromatic heterocycles. The predicted molar refractivity (Wildman–Crippen MR) is 50.2 cm³/mol. The molecule has 72 valence electrons. The van der Waals surface area contributed by atoms with Crippen molar-refractivity contribution in [1.82, 2.24) is 0 Å². The lowest BCUT2D eigenvalue weighted by Crippen LogP contribution is -1.97. The number of phenols is 1. The van der Waals surface area contributed by atoms with E-state index in [-0.39, 0.29) is 5.75 Å². The second kappa shape index (κ2) is 4.72. The molecule has 0 saturated heterocycles. The van der Waals surface area contributed by atoms with Crippen molar-refractivity contribution in [3.63, 3.8) is 0 Å². The maximum atomic E-state index is 9.24. The van der Waals surface area contributed by atoms with Crippen LogP contribution in [0.1, 0.15) is 5.56 Å². The normalized spacial score (nSPS) is 10.0. The molecule has 1 aromatic carbocycles. The van der Waals surface area contributed by atoms with Crippen molar-refractivity contribution in [2.45, 2.75) is 6.42 Å². The van der Waals surface area contributed by atoms with Gasteiger partial charge in [0.05, 0.1) is 13.7 Å². The fourth-order valence-electron chi connectivity index (χ4n) is 1.17. The minimum absolute atomic E-state index is 0.256. The summed E-state index contributed by atoms with van der Waals surface area (Å²) in [6.07, 6.45) is 0.744. The molecule has 1 N–H and O–H groups in total. The average molecular weight is 182 g/mol. The highest BCUT2D eigenvalue weighted by molar-refractivity contribution is 5.39. The lowest BCUT2D eigenvalue weighted by atomic mass is 10.1.